The second-order valence-electron chi connectivity index (χ2n) is 6.35. The third-order valence-corrected chi connectivity index (χ3v) is 4.80. The summed E-state index contributed by atoms with van der Waals surface area (Å²) in [6.45, 7) is 8.58. The van der Waals surface area contributed by atoms with E-state index in [2.05, 4.69) is 42.3 Å². The second-order valence-corrected chi connectivity index (χ2v) is 6.35. The molecule has 2 aliphatic heterocycles. The molecule has 21 heavy (non-hydrogen) atoms. The van der Waals surface area contributed by atoms with Crippen molar-refractivity contribution in [1.82, 2.24) is 5.32 Å². The minimum Gasteiger partial charge on any atom is -0.376 e. The van der Waals surface area contributed by atoms with Gasteiger partial charge in [0.25, 0.3) is 0 Å². The van der Waals surface area contributed by atoms with Crippen molar-refractivity contribution in [2.45, 2.75) is 51.7 Å². The van der Waals surface area contributed by atoms with Crippen LogP contribution in [0.2, 0.25) is 0 Å². The van der Waals surface area contributed by atoms with Crippen LogP contribution in [0, 0.1) is 0 Å². The van der Waals surface area contributed by atoms with Gasteiger partial charge in [0.15, 0.2) is 0 Å². The van der Waals surface area contributed by atoms with Crippen LogP contribution in [0.1, 0.15) is 50.3 Å². The molecule has 1 aromatic carbocycles. The predicted molar refractivity (Wildman–Crippen MR) is 88.0 cm³/mol. The molecule has 0 bridgehead atoms. The highest BCUT2D eigenvalue weighted by molar-refractivity contribution is 5.59. The molecule has 2 unspecified atom stereocenters. The molecule has 0 amide bonds. The molecule has 0 radical (unpaired) electrons. The van der Waals surface area contributed by atoms with Gasteiger partial charge in [0.2, 0.25) is 0 Å². The van der Waals surface area contributed by atoms with Crippen molar-refractivity contribution < 1.29 is 4.74 Å². The van der Waals surface area contributed by atoms with Gasteiger partial charge in [-0.25, -0.2) is 0 Å². The summed E-state index contributed by atoms with van der Waals surface area (Å²) in [5.41, 5.74) is 4.34. The monoisotopic (exact) mass is 288 g/mol. The summed E-state index contributed by atoms with van der Waals surface area (Å²) in [7, 11) is 0. The van der Waals surface area contributed by atoms with Gasteiger partial charge in [-0.2, -0.15) is 0 Å². The SMILES string of the molecule is CCNC(C)c1ccc2c(c1)CCN2CC1CCCCO1. The Hall–Kier alpha value is -1.06. The van der Waals surface area contributed by atoms with Crippen molar-refractivity contribution in [2.24, 2.45) is 0 Å². The molecule has 0 saturated carbocycles. The minimum atomic E-state index is 0.435. The van der Waals surface area contributed by atoms with E-state index in [9.17, 15) is 0 Å². The molecule has 0 aromatic heterocycles. The van der Waals surface area contributed by atoms with Crippen LogP contribution in [0.5, 0.6) is 0 Å². The van der Waals surface area contributed by atoms with Crippen molar-refractivity contribution in [1.29, 1.82) is 0 Å². The topological polar surface area (TPSA) is 24.5 Å². The Morgan fingerprint density at radius 3 is 3.05 bits per heavy atom. The molecule has 2 aliphatic rings. The van der Waals surface area contributed by atoms with Crippen LogP contribution in [0.4, 0.5) is 5.69 Å². The fourth-order valence-corrected chi connectivity index (χ4v) is 3.57. The van der Waals surface area contributed by atoms with Gasteiger partial charge < -0.3 is 15.0 Å². The summed E-state index contributed by atoms with van der Waals surface area (Å²) >= 11 is 0. The number of hydrogen-bond acceptors (Lipinski definition) is 3. The number of nitrogens with one attached hydrogen (secondary N) is 1. The average molecular weight is 288 g/mol. The first-order chi connectivity index (χ1) is 10.3. The van der Waals surface area contributed by atoms with Gasteiger partial charge in [-0.1, -0.05) is 19.1 Å². The van der Waals surface area contributed by atoms with E-state index in [4.69, 9.17) is 4.74 Å². The smallest absolute Gasteiger partial charge is 0.0749 e. The first kappa shape index (κ1) is 14.9. The van der Waals surface area contributed by atoms with E-state index in [1.807, 2.05) is 0 Å². The van der Waals surface area contributed by atoms with Crippen molar-refractivity contribution in [2.75, 3.05) is 31.1 Å². The van der Waals surface area contributed by atoms with Crippen LogP contribution in [-0.2, 0) is 11.2 Å². The lowest BCUT2D eigenvalue weighted by molar-refractivity contribution is 0.0212. The molecule has 0 aliphatic carbocycles. The van der Waals surface area contributed by atoms with E-state index in [0.717, 1.165) is 26.2 Å². The third-order valence-electron chi connectivity index (χ3n) is 4.80. The Kier molecular flexibility index (Phi) is 4.81. The van der Waals surface area contributed by atoms with Crippen molar-refractivity contribution in [3.63, 3.8) is 0 Å². The molecule has 2 atom stereocenters. The summed E-state index contributed by atoms with van der Waals surface area (Å²) < 4.78 is 5.90. The van der Waals surface area contributed by atoms with Crippen molar-refractivity contribution >= 4 is 5.69 Å². The number of nitrogens with zero attached hydrogens (tertiary/aromatic N) is 1. The zero-order valence-electron chi connectivity index (χ0n) is 13.4. The maximum absolute atomic E-state index is 5.90. The molecule has 3 heteroatoms. The lowest BCUT2D eigenvalue weighted by atomic mass is 10.0. The normalized spacial score (nSPS) is 23.1. The molecule has 1 saturated heterocycles. The highest BCUT2D eigenvalue weighted by atomic mass is 16.5. The lowest BCUT2D eigenvalue weighted by Crippen LogP contribution is -2.34. The number of anilines is 1. The first-order valence-corrected chi connectivity index (χ1v) is 8.50. The van der Waals surface area contributed by atoms with E-state index >= 15 is 0 Å². The van der Waals surface area contributed by atoms with Gasteiger partial charge in [0, 0.05) is 31.4 Å². The highest BCUT2D eigenvalue weighted by Crippen LogP contribution is 2.31. The van der Waals surface area contributed by atoms with E-state index in [-0.39, 0.29) is 0 Å². The number of fused-ring (bicyclic) bond motifs is 1. The summed E-state index contributed by atoms with van der Waals surface area (Å²) in [6, 6.07) is 7.43. The van der Waals surface area contributed by atoms with Crippen LogP contribution in [0.15, 0.2) is 18.2 Å². The van der Waals surface area contributed by atoms with Gasteiger partial charge in [0.1, 0.15) is 0 Å². The van der Waals surface area contributed by atoms with E-state index < -0.39 is 0 Å². The first-order valence-electron chi connectivity index (χ1n) is 8.50. The van der Waals surface area contributed by atoms with Crippen LogP contribution >= 0.6 is 0 Å². The number of hydrogen-bond donors (Lipinski definition) is 1. The summed E-state index contributed by atoms with van der Waals surface area (Å²) in [4.78, 5) is 2.52. The molecule has 1 aromatic rings. The van der Waals surface area contributed by atoms with Gasteiger partial charge in [-0.3, -0.25) is 0 Å². The Labute approximate surface area is 128 Å². The number of ether oxygens (including phenoxy) is 1. The zero-order valence-corrected chi connectivity index (χ0v) is 13.4. The molecular weight excluding hydrogens is 260 g/mol. The molecular formula is C18H28N2O. The fraction of sp³-hybridized carbons (Fsp3) is 0.667. The number of benzene rings is 1. The Balaban J connectivity index is 1.67. The summed E-state index contributed by atoms with van der Waals surface area (Å²) in [5, 5.41) is 3.50. The van der Waals surface area contributed by atoms with E-state index in [1.54, 1.807) is 0 Å². The predicted octanol–water partition coefficient (Wildman–Crippen LogP) is 3.29. The Bertz CT molecular complexity index is 468. The molecule has 2 heterocycles. The molecule has 3 rings (SSSR count). The van der Waals surface area contributed by atoms with Gasteiger partial charge in [0.05, 0.1) is 6.10 Å². The van der Waals surface area contributed by atoms with Crippen molar-refractivity contribution in [3.8, 4) is 0 Å². The van der Waals surface area contributed by atoms with Crippen LogP contribution in [0.25, 0.3) is 0 Å². The number of rotatable bonds is 5. The maximum Gasteiger partial charge on any atom is 0.0749 e. The maximum atomic E-state index is 5.90. The minimum absolute atomic E-state index is 0.435. The molecule has 1 fully saturated rings. The van der Waals surface area contributed by atoms with E-state index in [1.165, 1.54) is 42.5 Å². The largest absolute Gasteiger partial charge is 0.376 e. The third kappa shape index (κ3) is 3.41. The van der Waals surface area contributed by atoms with Gasteiger partial charge >= 0.3 is 0 Å². The highest BCUT2D eigenvalue weighted by Gasteiger charge is 2.24. The molecule has 1 N–H and O–H groups in total. The molecule has 3 nitrogen and oxygen atoms in total. The fourth-order valence-electron chi connectivity index (χ4n) is 3.57. The lowest BCUT2D eigenvalue weighted by Gasteiger charge is -2.29. The second kappa shape index (κ2) is 6.80. The van der Waals surface area contributed by atoms with Crippen LogP contribution in [0.3, 0.4) is 0 Å². The zero-order chi connectivity index (χ0) is 14.7. The quantitative estimate of drug-likeness (QED) is 0.900. The van der Waals surface area contributed by atoms with Gasteiger partial charge in [-0.15, -0.1) is 0 Å². The molecule has 0 spiro atoms. The van der Waals surface area contributed by atoms with Crippen molar-refractivity contribution in [3.05, 3.63) is 29.3 Å². The standard InChI is InChI=1S/C18H28N2O/c1-3-19-14(2)15-7-8-18-16(12-15)9-10-20(18)13-17-6-4-5-11-21-17/h7-8,12,14,17,19H,3-6,9-11,13H2,1-2H3. The molecule has 116 valence electrons. The van der Waals surface area contributed by atoms with Crippen LogP contribution in [-0.4, -0.2) is 32.3 Å². The van der Waals surface area contributed by atoms with Gasteiger partial charge in [-0.05, 0) is 56.3 Å². The summed E-state index contributed by atoms with van der Waals surface area (Å²) in [6.07, 6.45) is 5.39. The van der Waals surface area contributed by atoms with Crippen LogP contribution < -0.4 is 10.2 Å². The summed E-state index contributed by atoms with van der Waals surface area (Å²) in [5.74, 6) is 0. The average Bonchev–Trinajstić information content (AvgIpc) is 2.91. The van der Waals surface area contributed by atoms with E-state index in [0.29, 0.717) is 12.1 Å². The Morgan fingerprint density at radius 2 is 2.29 bits per heavy atom. The Morgan fingerprint density at radius 1 is 1.38 bits per heavy atom.